The van der Waals surface area contributed by atoms with Crippen LogP contribution in [0.1, 0.15) is 123 Å². The molecule has 0 radical (unpaired) electrons. The lowest BCUT2D eigenvalue weighted by Gasteiger charge is -2.00. The van der Waals surface area contributed by atoms with Gasteiger partial charge in [0.05, 0.1) is 6.61 Å². The Hall–Kier alpha value is -0.660. The third-order valence-electron chi connectivity index (χ3n) is 4.89. The molecular weight excluding hydrogens is 296 g/mol. The summed E-state index contributed by atoms with van der Waals surface area (Å²) in [7, 11) is 0. The second-order valence-electron chi connectivity index (χ2n) is 7.36. The maximum atomic E-state index is 5.67. The summed E-state index contributed by atoms with van der Waals surface area (Å²) in [5.41, 5.74) is 0. The highest BCUT2D eigenvalue weighted by Gasteiger charge is 2.26. The summed E-state index contributed by atoms with van der Waals surface area (Å²) in [6, 6.07) is 0. The summed E-state index contributed by atoms with van der Waals surface area (Å²) >= 11 is 0. The summed E-state index contributed by atoms with van der Waals surface area (Å²) in [5.74, 6) is 1.97. The molecule has 0 spiro atoms. The third kappa shape index (κ3) is 12.7. The van der Waals surface area contributed by atoms with Gasteiger partial charge in [0.1, 0.15) is 0 Å². The van der Waals surface area contributed by atoms with E-state index in [0.717, 1.165) is 24.7 Å². The number of allylic oxidation sites excluding steroid dienone is 1. The molecule has 0 saturated carbocycles. The molecule has 0 unspecified atom stereocenters. The Labute approximate surface area is 151 Å². The molecule has 0 aromatic rings. The standard InChI is InChI=1S/C22H42O2/c1-3-5-7-9-11-12-13-14-15-17-19-21-22(24-21)23-20-18-16-10-8-6-4-2/h3-20H2,1-2H3. The normalized spacial score (nSPS) is 13.2. The largest absolute Gasteiger partial charge is 0.463 e. The van der Waals surface area contributed by atoms with E-state index in [1.165, 1.54) is 103 Å². The molecule has 0 atom stereocenters. The molecule has 0 saturated heterocycles. The Bertz CT molecular complexity index is 309. The van der Waals surface area contributed by atoms with E-state index in [1.807, 2.05) is 0 Å². The second kappa shape index (κ2) is 15.8. The van der Waals surface area contributed by atoms with Crippen molar-refractivity contribution in [1.29, 1.82) is 0 Å². The second-order valence-corrected chi connectivity index (χ2v) is 7.36. The lowest BCUT2D eigenvalue weighted by molar-refractivity contribution is 0.148. The zero-order chi connectivity index (χ0) is 17.3. The topological polar surface area (TPSA) is 21.8 Å². The van der Waals surface area contributed by atoms with Crippen LogP contribution >= 0.6 is 0 Å². The molecule has 1 rings (SSSR count). The van der Waals surface area contributed by atoms with Crippen LogP contribution in [0.4, 0.5) is 0 Å². The van der Waals surface area contributed by atoms with E-state index in [1.54, 1.807) is 0 Å². The van der Waals surface area contributed by atoms with Crippen molar-refractivity contribution in [3.05, 3.63) is 11.7 Å². The summed E-state index contributed by atoms with van der Waals surface area (Å²) in [6.45, 7) is 5.38. The van der Waals surface area contributed by atoms with Gasteiger partial charge in [-0.2, -0.15) is 0 Å². The van der Waals surface area contributed by atoms with Crippen LogP contribution in [-0.2, 0) is 9.47 Å². The van der Waals surface area contributed by atoms with Crippen molar-refractivity contribution in [2.45, 2.75) is 123 Å². The van der Waals surface area contributed by atoms with Crippen molar-refractivity contribution in [3.8, 4) is 0 Å². The highest BCUT2D eigenvalue weighted by Crippen LogP contribution is 2.32. The Morgan fingerprint density at radius 3 is 1.58 bits per heavy atom. The number of hydrogen-bond donors (Lipinski definition) is 0. The molecule has 0 fully saturated rings. The quantitative estimate of drug-likeness (QED) is 0.223. The molecule has 1 aliphatic rings. The highest BCUT2D eigenvalue weighted by molar-refractivity contribution is 5.10. The first kappa shape index (κ1) is 21.4. The molecule has 0 amide bonds. The first-order chi connectivity index (χ1) is 11.9. The minimum atomic E-state index is 0.836. The van der Waals surface area contributed by atoms with E-state index in [0.29, 0.717) is 0 Å². The van der Waals surface area contributed by atoms with E-state index in [4.69, 9.17) is 9.47 Å². The Kier molecular flexibility index (Phi) is 14.1. The fraction of sp³-hybridized carbons (Fsp3) is 0.909. The van der Waals surface area contributed by atoms with Crippen LogP contribution in [0.3, 0.4) is 0 Å². The van der Waals surface area contributed by atoms with Gasteiger partial charge in [-0.1, -0.05) is 104 Å². The fourth-order valence-electron chi connectivity index (χ4n) is 3.17. The molecule has 1 heterocycles. The van der Waals surface area contributed by atoms with Crippen LogP contribution in [0.5, 0.6) is 0 Å². The summed E-state index contributed by atoms with van der Waals surface area (Å²) in [6.07, 6.45) is 22.9. The van der Waals surface area contributed by atoms with E-state index >= 15 is 0 Å². The van der Waals surface area contributed by atoms with E-state index in [-0.39, 0.29) is 0 Å². The number of ether oxygens (including phenoxy) is 2. The lowest BCUT2D eigenvalue weighted by Crippen LogP contribution is -1.89. The molecule has 24 heavy (non-hydrogen) atoms. The summed E-state index contributed by atoms with van der Waals surface area (Å²) in [4.78, 5) is 0. The first-order valence-corrected chi connectivity index (χ1v) is 10.9. The Morgan fingerprint density at radius 2 is 1.04 bits per heavy atom. The van der Waals surface area contributed by atoms with E-state index in [2.05, 4.69) is 13.8 Å². The zero-order valence-corrected chi connectivity index (χ0v) is 16.5. The van der Waals surface area contributed by atoms with Gasteiger partial charge in [0, 0.05) is 6.42 Å². The van der Waals surface area contributed by atoms with Crippen molar-refractivity contribution < 1.29 is 9.47 Å². The smallest absolute Gasteiger partial charge is 0.325 e. The molecule has 2 heteroatoms. The molecule has 0 bridgehead atoms. The molecule has 0 aromatic carbocycles. The Morgan fingerprint density at radius 1 is 0.583 bits per heavy atom. The molecule has 0 N–H and O–H groups in total. The SMILES string of the molecule is CCCCCCCCCCCCC1=C(OCCCCCCCC)O1. The van der Waals surface area contributed by atoms with Crippen LogP contribution in [0.2, 0.25) is 0 Å². The van der Waals surface area contributed by atoms with Gasteiger partial charge in [-0.15, -0.1) is 0 Å². The molecule has 2 nitrogen and oxygen atoms in total. The van der Waals surface area contributed by atoms with Gasteiger partial charge in [0.25, 0.3) is 0 Å². The van der Waals surface area contributed by atoms with Gasteiger partial charge in [-0.05, 0) is 12.8 Å². The van der Waals surface area contributed by atoms with Gasteiger partial charge in [-0.3, -0.25) is 0 Å². The molecule has 1 aliphatic heterocycles. The van der Waals surface area contributed by atoms with Gasteiger partial charge in [0.15, 0.2) is 5.76 Å². The van der Waals surface area contributed by atoms with Crippen molar-refractivity contribution in [1.82, 2.24) is 0 Å². The van der Waals surface area contributed by atoms with Gasteiger partial charge in [-0.25, -0.2) is 0 Å². The maximum absolute atomic E-state index is 5.67. The van der Waals surface area contributed by atoms with Crippen LogP contribution in [-0.4, -0.2) is 6.61 Å². The minimum Gasteiger partial charge on any atom is -0.463 e. The third-order valence-corrected chi connectivity index (χ3v) is 4.89. The number of rotatable bonds is 19. The highest BCUT2D eigenvalue weighted by atomic mass is 16.7. The van der Waals surface area contributed by atoms with Gasteiger partial charge in [0.2, 0.25) is 0 Å². The molecule has 0 aromatic heterocycles. The first-order valence-electron chi connectivity index (χ1n) is 10.9. The minimum absolute atomic E-state index is 0.836. The molecular formula is C22H42O2. The van der Waals surface area contributed by atoms with Crippen molar-refractivity contribution in [2.24, 2.45) is 0 Å². The number of hydrogen-bond acceptors (Lipinski definition) is 2. The molecule has 142 valence electrons. The van der Waals surface area contributed by atoms with E-state index < -0.39 is 0 Å². The van der Waals surface area contributed by atoms with Crippen LogP contribution in [0.15, 0.2) is 11.7 Å². The summed E-state index contributed by atoms with van der Waals surface area (Å²) in [5, 5.41) is 0. The van der Waals surface area contributed by atoms with Crippen LogP contribution in [0.25, 0.3) is 0 Å². The van der Waals surface area contributed by atoms with Gasteiger partial charge < -0.3 is 9.47 Å². The zero-order valence-electron chi connectivity index (χ0n) is 16.5. The lowest BCUT2D eigenvalue weighted by atomic mass is 10.1. The van der Waals surface area contributed by atoms with Crippen molar-refractivity contribution in [3.63, 3.8) is 0 Å². The van der Waals surface area contributed by atoms with Crippen molar-refractivity contribution >= 4 is 0 Å². The predicted molar refractivity (Wildman–Crippen MR) is 104 cm³/mol. The van der Waals surface area contributed by atoms with Crippen LogP contribution in [0, 0.1) is 0 Å². The Balaban J connectivity index is 1.77. The predicted octanol–water partition coefficient (Wildman–Crippen LogP) is 7.87. The molecule has 0 aliphatic carbocycles. The average Bonchev–Trinajstić information content (AvgIpc) is 3.34. The van der Waals surface area contributed by atoms with Gasteiger partial charge >= 0.3 is 5.95 Å². The van der Waals surface area contributed by atoms with Crippen LogP contribution < -0.4 is 0 Å². The van der Waals surface area contributed by atoms with E-state index in [9.17, 15) is 0 Å². The number of unbranched alkanes of at least 4 members (excludes halogenated alkanes) is 14. The monoisotopic (exact) mass is 338 g/mol. The average molecular weight is 339 g/mol. The van der Waals surface area contributed by atoms with Crippen molar-refractivity contribution in [2.75, 3.05) is 6.61 Å². The maximum Gasteiger partial charge on any atom is 0.325 e. The fourth-order valence-corrected chi connectivity index (χ4v) is 3.17. The summed E-state index contributed by atoms with van der Waals surface area (Å²) < 4.78 is 11.1.